The Hall–Kier alpha value is -2.84. The zero-order valence-corrected chi connectivity index (χ0v) is 18.9. The summed E-state index contributed by atoms with van der Waals surface area (Å²) in [5.41, 5.74) is 4.09. The lowest BCUT2D eigenvalue weighted by Gasteiger charge is -2.23. The van der Waals surface area contributed by atoms with Gasteiger partial charge in [0, 0.05) is 17.7 Å². The molecular weight excluding hydrogens is 425 g/mol. The highest BCUT2D eigenvalue weighted by Gasteiger charge is 2.22. The number of pyridine rings is 1. The number of aryl methyl sites for hydroxylation is 1. The van der Waals surface area contributed by atoms with Crippen LogP contribution in [-0.4, -0.2) is 37.4 Å². The second-order valence-electron chi connectivity index (χ2n) is 7.97. The average Bonchev–Trinajstić information content (AvgIpc) is 3.24. The molecular formula is C24H24FN5OS. The number of ether oxygens (including phenoxy) is 1. The molecule has 1 aliphatic rings. The van der Waals surface area contributed by atoms with Gasteiger partial charge in [-0.1, -0.05) is 12.1 Å². The summed E-state index contributed by atoms with van der Waals surface area (Å²) in [5, 5.41) is 0. The Balaban J connectivity index is 1.54. The first-order valence-corrected chi connectivity index (χ1v) is 12.0. The Kier molecular flexibility index (Phi) is 5.89. The summed E-state index contributed by atoms with van der Waals surface area (Å²) in [7, 11) is 0. The van der Waals surface area contributed by atoms with Crippen molar-refractivity contribution in [1.82, 2.24) is 24.5 Å². The summed E-state index contributed by atoms with van der Waals surface area (Å²) >= 11 is 1.71. The lowest BCUT2D eigenvalue weighted by molar-refractivity contribution is -0.0298. The van der Waals surface area contributed by atoms with Gasteiger partial charge in [0.1, 0.15) is 23.3 Å². The van der Waals surface area contributed by atoms with Gasteiger partial charge in [-0.3, -0.25) is 4.57 Å². The molecule has 164 valence electrons. The Morgan fingerprint density at radius 3 is 2.72 bits per heavy atom. The third-order valence-corrected chi connectivity index (χ3v) is 6.46. The van der Waals surface area contributed by atoms with Gasteiger partial charge < -0.3 is 4.74 Å². The molecule has 0 radical (unpaired) electrons. The van der Waals surface area contributed by atoms with E-state index >= 15 is 0 Å². The maximum Gasteiger partial charge on any atom is 0.222 e. The SMILES string of the molecule is CSc1ccc(Cc2cnc(F)c(-c3nc(C)nc4c3ncn4C3CCCCO3)c2)cc1. The van der Waals surface area contributed by atoms with E-state index in [1.165, 1.54) is 4.90 Å². The summed E-state index contributed by atoms with van der Waals surface area (Å²) < 4.78 is 22.7. The molecule has 32 heavy (non-hydrogen) atoms. The van der Waals surface area contributed by atoms with Gasteiger partial charge >= 0.3 is 0 Å². The summed E-state index contributed by atoms with van der Waals surface area (Å²) in [4.78, 5) is 18.9. The summed E-state index contributed by atoms with van der Waals surface area (Å²) in [6, 6.07) is 10.2. The quantitative estimate of drug-likeness (QED) is 0.302. The van der Waals surface area contributed by atoms with Crippen molar-refractivity contribution in [2.75, 3.05) is 12.9 Å². The number of benzene rings is 1. The fraction of sp³-hybridized carbons (Fsp3) is 0.333. The number of fused-ring (bicyclic) bond motifs is 1. The number of halogens is 1. The Labute approximate surface area is 190 Å². The molecule has 0 aliphatic carbocycles. The summed E-state index contributed by atoms with van der Waals surface area (Å²) in [6.45, 7) is 2.53. The van der Waals surface area contributed by atoms with Crippen molar-refractivity contribution in [2.24, 2.45) is 0 Å². The van der Waals surface area contributed by atoms with E-state index in [1.54, 1.807) is 24.3 Å². The van der Waals surface area contributed by atoms with Crippen LogP contribution in [0.2, 0.25) is 0 Å². The van der Waals surface area contributed by atoms with E-state index in [4.69, 9.17) is 4.74 Å². The summed E-state index contributed by atoms with van der Waals surface area (Å²) in [6.07, 6.45) is 8.98. The van der Waals surface area contributed by atoms with E-state index in [0.717, 1.165) is 37.0 Å². The fourth-order valence-corrected chi connectivity index (χ4v) is 4.51. The standard InChI is InChI=1S/C24H24FN5OS/c1-15-28-21(22-24(29-15)30(14-27-22)20-5-3-4-10-31-20)19-12-17(13-26-23(19)25)11-16-6-8-18(32-2)9-7-16/h6-9,12-14,20H,3-5,10-11H2,1-2H3. The molecule has 0 saturated carbocycles. The second-order valence-corrected chi connectivity index (χ2v) is 8.85. The normalized spacial score (nSPS) is 16.5. The number of aromatic nitrogens is 5. The summed E-state index contributed by atoms with van der Waals surface area (Å²) in [5.74, 6) is -0.00290. The van der Waals surface area contributed by atoms with Gasteiger partial charge in [0.05, 0.1) is 11.9 Å². The minimum absolute atomic E-state index is 0.102. The van der Waals surface area contributed by atoms with Crippen LogP contribution in [0.15, 0.2) is 47.8 Å². The molecule has 1 saturated heterocycles. The number of nitrogens with zero attached hydrogens (tertiary/aromatic N) is 5. The van der Waals surface area contributed by atoms with Crippen molar-refractivity contribution in [3.8, 4) is 11.3 Å². The molecule has 1 atom stereocenters. The van der Waals surface area contributed by atoms with Crippen molar-refractivity contribution >= 4 is 22.9 Å². The second kappa shape index (κ2) is 8.96. The molecule has 5 rings (SSSR count). The van der Waals surface area contributed by atoms with E-state index in [2.05, 4.69) is 50.5 Å². The topological polar surface area (TPSA) is 65.7 Å². The van der Waals surface area contributed by atoms with E-state index in [0.29, 0.717) is 34.7 Å². The number of hydrogen-bond donors (Lipinski definition) is 0. The van der Waals surface area contributed by atoms with Crippen molar-refractivity contribution < 1.29 is 9.13 Å². The molecule has 0 spiro atoms. The Morgan fingerprint density at radius 2 is 1.97 bits per heavy atom. The van der Waals surface area contributed by atoms with Gasteiger partial charge in [0.2, 0.25) is 5.95 Å². The number of thioether (sulfide) groups is 1. The third kappa shape index (κ3) is 4.12. The molecule has 1 fully saturated rings. The van der Waals surface area contributed by atoms with Crippen molar-refractivity contribution in [1.29, 1.82) is 0 Å². The van der Waals surface area contributed by atoms with Crippen molar-refractivity contribution in [3.05, 3.63) is 65.8 Å². The van der Waals surface area contributed by atoms with Crippen LogP contribution in [-0.2, 0) is 11.2 Å². The van der Waals surface area contributed by atoms with Crippen LogP contribution >= 0.6 is 11.8 Å². The molecule has 6 nitrogen and oxygen atoms in total. The highest BCUT2D eigenvalue weighted by Crippen LogP contribution is 2.31. The highest BCUT2D eigenvalue weighted by atomic mass is 32.2. The van der Waals surface area contributed by atoms with Gasteiger partial charge in [-0.2, -0.15) is 4.39 Å². The minimum Gasteiger partial charge on any atom is -0.358 e. The van der Waals surface area contributed by atoms with Crippen molar-refractivity contribution in [3.63, 3.8) is 0 Å². The van der Waals surface area contributed by atoms with E-state index < -0.39 is 5.95 Å². The van der Waals surface area contributed by atoms with Crippen LogP contribution in [0.5, 0.6) is 0 Å². The van der Waals surface area contributed by atoms with E-state index in [9.17, 15) is 4.39 Å². The molecule has 0 bridgehead atoms. The first kappa shape index (κ1) is 21.0. The van der Waals surface area contributed by atoms with Crippen LogP contribution in [0, 0.1) is 12.9 Å². The van der Waals surface area contributed by atoms with Crippen molar-refractivity contribution in [2.45, 2.75) is 43.7 Å². The van der Waals surface area contributed by atoms with Gasteiger partial charge in [-0.05, 0) is 68.2 Å². The minimum atomic E-state index is -0.561. The highest BCUT2D eigenvalue weighted by molar-refractivity contribution is 7.98. The average molecular weight is 450 g/mol. The molecule has 1 aliphatic heterocycles. The van der Waals surface area contributed by atoms with E-state index in [1.807, 2.05) is 17.6 Å². The van der Waals surface area contributed by atoms with Crippen LogP contribution < -0.4 is 0 Å². The predicted octanol–water partition coefficient (Wildman–Crippen LogP) is 5.35. The molecule has 0 N–H and O–H groups in total. The zero-order chi connectivity index (χ0) is 22.1. The molecule has 4 heterocycles. The van der Waals surface area contributed by atoms with Gasteiger partial charge in [-0.15, -0.1) is 11.8 Å². The largest absolute Gasteiger partial charge is 0.358 e. The first-order valence-electron chi connectivity index (χ1n) is 10.7. The van der Waals surface area contributed by atoms with Gasteiger partial charge in [0.25, 0.3) is 0 Å². The fourth-order valence-electron chi connectivity index (χ4n) is 4.10. The molecule has 0 amide bonds. The van der Waals surface area contributed by atoms with Crippen LogP contribution in [0.4, 0.5) is 4.39 Å². The zero-order valence-electron chi connectivity index (χ0n) is 18.1. The maximum atomic E-state index is 14.9. The predicted molar refractivity (Wildman–Crippen MR) is 123 cm³/mol. The Morgan fingerprint density at radius 1 is 1.12 bits per heavy atom. The van der Waals surface area contributed by atoms with Crippen LogP contribution in [0.25, 0.3) is 22.4 Å². The third-order valence-electron chi connectivity index (χ3n) is 5.72. The van der Waals surface area contributed by atoms with Gasteiger partial charge in [0.15, 0.2) is 5.65 Å². The smallest absolute Gasteiger partial charge is 0.222 e. The molecule has 3 aromatic heterocycles. The van der Waals surface area contributed by atoms with Crippen LogP contribution in [0.3, 0.4) is 0 Å². The Bertz CT molecular complexity index is 1250. The molecule has 1 unspecified atom stereocenters. The van der Waals surface area contributed by atoms with Crippen LogP contribution in [0.1, 0.15) is 42.4 Å². The van der Waals surface area contributed by atoms with E-state index in [-0.39, 0.29) is 6.23 Å². The lowest BCUT2D eigenvalue weighted by Crippen LogP contribution is -2.17. The molecule has 8 heteroatoms. The number of hydrogen-bond acceptors (Lipinski definition) is 6. The number of rotatable bonds is 5. The maximum absolute atomic E-state index is 14.9. The first-order chi connectivity index (χ1) is 15.6. The lowest BCUT2D eigenvalue weighted by atomic mass is 10.0. The molecule has 1 aromatic carbocycles. The number of imidazole rings is 1. The van der Waals surface area contributed by atoms with Gasteiger partial charge in [-0.25, -0.2) is 19.9 Å². The monoisotopic (exact) mass is 449 g/mol. The molecule has 4 aromatic rings.